The zero-order chi connectivity index (χ0) is 11.7. The van der Waals surface area contributed by atoms with Gasteiger partial charge in [-0.1, -0.05) is 0 Å². The van der Waals surface area contributed by atoms with Gasteiger partial charge in [0.25, 0.3) is 0 Å². The summed E-state index contributed by atoms with van der Waals surface area (Å²) in [4.78, 5) is -1.81. The molecule has 0 amide bonds. The Kier molecular flexibility index (Phi) is 4.20. The molecule has 2 atom stereocenters. The molecule has 0 aliphatic carbocycles. The van der Waals surface area contributed by atoms with Gasteiger partial charge in [-0.15, -0.1) is 4.90 Å². The van der Waals surface area contributed by atoms with Crippen molar-refractivity contribution < 1.29 is 30.7 Å². The normalized spacial score (nSPS) is 18.4. The number of hydrogen-bond donors (Lipinski definition) is 0. The highest BCUT2D eigenvalue weighted by Crippen LogP contribution is 2.37. The summed E-state index contributed by atoms with van der Waals surface area (Å²) in [5, 5.41) is -2.43. The summed E-state index contributed by atoms with van der Waals surface area (Å²) in [5.74, 6) is 0. The zero-order valence-corrected chi connectivity index (χ0v) is 8.21. The lowest BCUT2D eigenvalue weighted by Gasteiger charge is -2.31. The third kappa shape index (κ3) is 3.60. The Morgan fingerprint density at radius 3 is 1.36 bits per heavy atom. The van der Waals surface area contributed by atoms with E-state index in [0.29, 0.717) is 6.92 Å². The van der Waals surface area contributed by atoms with Crippen LogP contribution in [0.25, 0.3) is 0 Å². The van der Waals surface area contributed by atoms with Crippen molar-refractivity contribution in [2.45, 2.75) is 30.6 Å². The molecule has 14 heavy (non-hydrogen) atoms. The minimum absolute atomic E-state index is 0.473. The van der Waals surface area contributed by atoms with Crippen LogP contribution in [-0.2, 0) is 0 Å². The lowest BCUT2D eigenvalue weighted by Crippen LogP contribution is -2.54. The first-order valence-electron chi connectivity index (χ1n) is 3.19. The second-order valence-electron chi connectivity index (χ2n) is 2.38. The highest BCUT2D eigenvalue weighted by Gasteiger charge is 2.57. The fourth-order valence-electron chi connectivity index (χ4n) is 0.718. The first-order valence-corrected chi connectivity index (χ1v) is 4.10. The van der Waals surface area contributed by atoms with Gasteiger partial charge in [-0.05, 0) is 22.9 Å². The van der Waals surface area contributed by atoms with E-state index in [0.717, 1.165) is 0 Å². The number of alkyl halides is 8. The molecule has 0 heterocycles. The third-order valence-electron chi connectivity index (χ3n) is 1.32. The van der Waals surface area contributed by atoms with Crippen LogP contribution in [0.5, 0.6) is 0 Å². The van der Waals surface area contributed by atoms with Crippen LogP contribution in [0, 0.1) is 0 Å². The molecular weight excluding hydrogens is 287 g/mol. The van der Waals surface area contributed by atoms with Crippen LogP contribution in [0.15, 0.2) is 0 Å². The third-order valence-corrected chi connectivity index (χ3v) is 2.08. The van der Waals surface area contributed by atoms with Gasteiger partial charge < -0.3 is 0 Å². The summed E-state index contributed by atoms with van der Waals surface area (Å²) in [6.45, 7) is 0.473. The van der Waals surface area contributed by atoms with Gasteiger partial charge in [-0.2, -0.15) is 26.3 Å². The Labute approximate surface area is 83.0 Å². The summed E-state index contributed by atoms with van der Waals surface area (Å²) >= 11 is 2.02. The van der Waals surface area contributed by atoms with Crippen LogP contribution >= 0.6 is 15.9 Å². The van der Waals surface area contributed by atoms with E-state index in [2.05, 4.69) is 0 Å². The van der Waals surface area contributed by atoms with Gasteiger partial charge >= 0.3 is 12.6 Å². The van der Waals surface area contributed by atoms with Crippen LogP contribution in [0.4, 0.5) is 30.7 Å². The van der Waals surface area contributed by atoms with Gasteiger partial charge in [0.15, 0.2) is 5.08 Å². The minimum atomic E-state index is -5.66. The minimum Gasteiger partial charge on any atom is -0.233 e. The molecule has 0 spiro atoms. The zero-order valence-electron chi connectivity index (χ0n) is 6.63. The molecule has 86 valence electrons. The van der Waals surface area contributed by atoms with Crippen LogP contribution in [0.3, 0.4) is 0 Å². The van der Waals surface area contributed by atoms with E-state index in [4.69, 9.17) is 0 Å². The van der Waals surface area contributed by atoms with Crippen molar-refractivity contribution in [3.05, 3.63) is 0 Å². The first-order chi connectivity index (χ1) is 5.98. The number of halogens is 8. The Bertz CT molecular complexity index is 171. The molecule has 0 saturated carbocycles. The molecule has 9 heteroatoms. The van der Waals surface area contributed by atoms with Crippen molar-refractivity contribution in [3.8, 4) is 0 Å². The average molecular weight is 292 g/mol. The molecule has 0 aromatic carbocycles. The topological polar surface area (TPSA) is 3.24 Å². The van der Waals surface area contributed by atoms with Crippen LogP contribution < -0.4 is 0 Å². The molecule has 0 N–H and O–H groups in total. The maximum atomic E-state index is 12.3. The van der Waals surface area contributed by atoms with Crippen LogP contribution in [-0.4, -0.2) is 28.6 Å². The molecule has 0 aromatic heterocycles. The molecule has 0 bridgehead atoms. The Hall–Kier alpha value is -0.0500. The van der Waals surface area contributed by atoms with Crippen molar-refractivity contribution >= 4 is 15.9 Å². The van der Waals surface area contributed by atoms with Gasteiger partial charge in [-0.3, -0.25) is 0 Å². The lowest BCUT2D eigenvalue weighted by molar-refractivity contribution is -0.384. The van der Waals surface area contributed by atoms with E-state index in [1.165, 1.54) is 0 Å². The van der Waals surface area contributed by atoms with Crippen molar-refractivity contribution in [1.29, 1.82) is 0 Å². The fraction of sp³-hybridized carbons (Fsp3) is 1.00. The smallest absolute Gasteiger partial charge is 0.233 e. The summed E-state index contributed by atoms with van der Waals surface area (Å²) in [5.41, 5.74) is 0. The fourth-order valence-corrected chi connectivity index (χ4v) is 0.955. The number of rotatable bonds is 2. The molecule has 0 radical (unpaired) electrons. The molecule has 0 rings (SSSR count). The van der Waals surface area contributed by atoms with Crippen molar-refractivity contribution in [2.24, 2.45) is 0 Å². The second-order valence-corrected chi connectivity index (χ2v) is 3.26. The lowest BCUT2D eigenvalue weighted by atomic mass is 10.3. The molecular formula is C5H5BrF7N. The Morgan fingerprint density at radius 2 is 1.29 bits per heavy atom. The first kappa shape index (κ1) is 13.9. The Morgan fingerprint density at radius 1 is 1.00 bits per heavy atom. The molecule has 0 unspecified atom stereocenters. The van der Waals surface area contributed by atoms with E-state index >= 15 is 0 Å². The SMILES string of the molecule is C[C@@H]([C@H](F)Br)N(C(F)(F)F)C(F)(F)F. The van der Waals surface area contributed by atoms with E-state index < -0.39 is 28.6 Å². The van der Waals surface area contributed by atoms with E-state index in [1.54, 1.807) is 0 Å². The standard InChI is InChI=1S/C5H5BrF7N/c1-2(3(6)7)14(4(8,9)10)5(11,12)13/h2-3H,1H3/t2-,3-/m0/s1. The van der Waals surface area contributed by atoms with Crippen LogP contribution in [0.2, 0.25) is 0 Å². The molecule has 0 fully saturated rings. The van der Waals surface area contributed by atoms with Gasteiger partial charge in [0.1, 0.15) is 0 Å². The average Bonchev–Trinajstić information content (AvgIpc) is 1.79. The highest BCUT2D eigenvalue weighted by atomic mass is 79.9. The van der Waals surface area contributed by atoms with Gasteiger partial charge in [0, 0.05) is 0 Å². The predicted molar refractivity (Wildman–Crippen MR) is 37.2 cm³/mol. The number of hydrogen-bond acceptors (Lipinski definition) is 1. The summed E-state index contributed by atoms with van der Waals surface area (Å²) in [6.07, 6.45) is -11.3. The Balaban J connectivity index is 4.94. The molecule has 0 aromatic rings. The summed E-state index contributed by atoms with van der Waals surface area (Å²) < 4.78 is 83.4. The van der Waals surface area contributed by atoms with E-state index in [9.17, 15) is 30.7 Å². The monoisotopic (exact) mass is 291 g/mol. The van der Waals surface area contributed by atoms with Gasteiger partial charge in [0.2, 0.25) is 0 Å². The summed E-state index contributed by atoms with van der Waals surface area (Å²) in [7, 11) is 0. The highest BCUT2D eigenvalue weighted by molar-refractivity contribution is 9.09. The molecule has 0 aliphatic rings. The van der Waals surface area contributed by atoms with Crippen molar-refractivity contribution in [2.75, 3.05) is 0 Å². The van der Waals surface area contributed by atoms with Crippen LogP contribution in [0.1, 0.15) is 6.92 Å². The van der Waals surface area contributed by atoms with Gasteiger partial charge in [-0.25, -0.2) is 4.39 Å². The van der Waals surface area contributed by atoms with E-state index in [1.807, 2.05) is 15.9 Å². The van der Waals surface area contributed by atoms with Crippen molar-refractivity contribution in [3.63, 3.8) is 0 Å². The summed E-state index contributed by atoms with van der Waals surface area (Å²) in [6, 6.07) is -2.38. The van der Waals surface area contributed by atoms with Gasteiger partial charge in [0.05, 0.1) is 6.04 Å². The number of nitrogens with zero attached hydrogens (tertiary/aromatic N) is 1. The quantitative estimate of drug-likeness (QED) is 0.428. The van der Waals surface area contributed by atoms with E-state index in [-0.39, 0.29) is 0 Å². The maximum Gasteiger partial charge on any atom is 0.467 e. The maximum absolute atomic E-state index is 12.3. The van der Waals surface area contributed by atoms with Crippen molar-refractivity contribution in [1.82, 2.24) is 4.90 Å². The molecule has 1 nitrogen and oxygen atoms in total. The second kappa shape index (κ2) is 4.21. The predicted octanol–water partition coefficient (Wildman–Crippen LogP) is 3.41. The molecule has 0 saturated heterocycles. The largest absolute Gasteiger partial charge is 0.467 e. The molecule has 0 aliphatic heterocycles.